The summed E-state index contributed by atoms with van der Waals surface area (Å²) >= 11 is 5.55. The van der Waals surface area contributed by atoms with Gasteiger partial charge < -0.3 is 15.0 Å². The minimum Gasteiger partial charge on any atom is -0.379 e. The van der Waals surface area contributed by atoms with Crippen molar-refractivity contribution in [3.63, 3.8) is 0 Å². The third-order valence-corrected chi connectivity index (χ3v) is 7.14. The van der Waals surface area contributed by atoms with Crippen molar-refractivity contribution in [1.82, 2.24) is 9.21 Å². The van der Waals surface area contributed by atoms with Crippen LogP contribution in [0.15, 0.2) is 29.2 Å². The van der Waals surface area contributed by atoms with Gasteiger partial charge in [0.2, 0.25) is 10.0 Å². The molecule has 0 aromatic heterocycles. The molecule has 0 radical (unpaired) electrons. The molecule has 1 aromatic rings. The number of benzene rings is 1. The van der Waals surface area contributed by atoms with Gasteiger partial charge in [-0.2, -0.15) is 4.31 Å². The van der Waals surface area contributed by atoms with Crippen molar-refractivity contribution in [2.75, 3.05) is 44.7 Å². The second-order valence-corrected chi connectivity index (χ2v) is 9.65. The number of rotatable bonds is 3. The highest BCUT2D eigenvalue weighted by atomic mass is 32.2. The number of sulfonamides is 1. The fourth-order valence-electron chi connectivity index (χ4n) is 3.68. The second kappa shape index (κ2) is 8.21. The molecule has 3 rings (SSSR count). The maximum atomic E-state index is 12.7. The number of anilines is 1. The van der Waals surface area contributed by atoms with Crippen LogP contribution in [0, 0.1) is 11.8 Å². The number of nitrogens with zero attached hydrogens (tertiary/aromatic N) is 2. The summed E-state index contributed by atoms with van der Waals surface area (Å²) < 4.78 is 32.0. The summed E-state index contributed by atoms with van der Waals surface area (Å²) in [6, 6.07) is 6.82. The quantitative estimate of drug-likeness (QED) is 0.790. The van der Waals surface area contributed by atoms with Gasteiger partial charge in [0.15, 0.2) is 5.11 Å². The Bertz CT molecular complexity index is 721. The summed E-state index contributed by atoms with van der Waals surface area (Å²) in [4.78, 5) is 2.50. The third kappa shape index (κ3) is 4.54. The Hall–Kier alpha value is -1.22. The maximum Gasteiger partial charge on any atom is 0.243 e. The summed E-state index contributed by atoms with van der Waals surface area (Å²) in [5.74, 6) is 1.25. The average Bonchev–Trinajstić information content (AvgIpc) is 2.62. The molecule has 2 aliphatic rings. The van der Waals surface area contributed by atoms with E-state index in [2.05, 4.69) is 24.1 Å². The molecule has 2 fully saturated rings. The van der Waals surface area contributed by atoms with E-state index in [9.17, 15) is 8.42 Å². The zero-order valence-corrected chi connectivity index (χ0v) is 17.0. The van der Waals surface area contributed by atoms with Crippen LogP contribution < -0.4 is 5.32 Å². The van der Waals surface area contributed by atoms with Gasteiger partial charge in [0.1, 0.15) is 0 Å². The van der Waals surface area contributed by atoms with Crippen molar-refractivity contribution < 1.29 is 13.2 Å². The molecule has 0 saturated carbocycles. The van der Waals surface area contributed by atoms with Crippen LogP contribution in [0.4, 0.5) is 5.69 Å². The Morgan fingerprint density at radius 2 is 1.69 bits per heavy atom. The van der Waals surface area contributed by atoms with Crippen LogP contribution in [0.25, 0.3) is 0 Å². The van der Waals surface area contributed by atoms with Gasteiger partial charge in [-0.05, 0) is 54.7 Å². The summed E-state index contributed by atoms with van der Waals surface area (Å²) in [6.45, 7) is 8.10. The van der Waals surface area contributed by atoms with Gasteiger partial charge in [0.05, 0.1) is 18.1 Å². The van der Waals surface area contributed by atoms with Gasteiger partial charge in [-0.15, -0.1) is 0 Å². The molecular weight excluding hydrogens is 370 g/mol. The highest BCUT2D eigenvalue weighted by Crippen LogP contribution is 2.23. The number of thiocarbonyl (C=S) groups is 1. The van der Waals surface area contributed by atoms with E-state index < -0.39 is 10.0 Å². The molecule has 26 heavy (non-hydrogen) atoms. The minimum absolute atomic E-state index is 0.302. The molecule has 2 heterocycles. The Labute approximate surface area is 161 Å². The molecule has 0 bridgehead atoms. The lowest BCUT2D eigenvalue weighted by atomic mass is 9.92. The van der Waals surface area contributed by atoms with Gasteiger partial charge in [0.25, 0.3) is 0 Å². The lowest BCUT2D eigenvalue weighted by molar-refractivity contribution is 0.0730. The SMILES string of the molecule is C[C@@H]1C[C@@H](C)CN(C(=S)Nc2ccc(S(=O)(=O)N3CCOCC3)cc2)C1. The highest BCUT2D eigenvalue weighted by molar-refractivity contribution is 7.89. The van der Waals surface area contributed by atoms with E-state index in [0.29, 0.717) is 48.1 Å². The van der Waals surface area contributed by atoms with Gasteiger partial charge in [-0.25, -0.2) is 8.42 Å². The molecule has 6 nitrogen and oxygen atoms in total. The monoisotopic (exact) mass is 397 g/mol. The lowest BCUT2D eigenvalue weighted by Gasteiger charge is -2.36. The Balaban J connectivity index is 1.65. The summed E-state index contributed by atoms with van der Waals surface area (Å²) in [6.07, 6.45) is 1.23. The minimum atomic E-state index is -3.46. The van der Waals surface area contributed by atoms with E-state index >= 15 is 0 Å². The smallest absolute Gasteiger partial charge is 0.243 e. The molecule has 0 spiro atoms. The van der Waals surface area contributed by atoms with Crippen LogP contribution in [0.5, 0.6) is 0 Å². The van der Waals surface area contributed by atoms with E-state index in [0.717, 1.165) is 18.8 Å². The van der Waals surface area contributed by atoms with Gasteiger partial charge in [-0.3, -0.25) is 0 Å². The first kappa shape index (κ1) is 19.5. The van der Waals surface area contributed by atoms with Gasteiger partial charge in [-0.1, -0.05) is 13.8 Å². The Kier molecular flexibility index (Phi) is 6.17. The summed E-state index contributed by atoms with van der Waals surface area (Å²) in [7, 11) is -3.46. The largest absolute Gasteiger partial charge is 0.379 e. The molecule has 8 heteroatoms. The van der Waals surface area contributed by atoms with E-state index in [1.165, 1.54) is 10.7 Å². The first-order valence-electron chi connectivity index (χ1n) is 9.10. The zero-order valence-electron chi connectivity index (χ0n) is 15.3. The Morgan fingerprint density at radius 3 is 2.27 bits per heavy atom. The number of ether oxygens (including phenoxy) is 1. The van der Waals surface area contributed by atoms with Crippen LogP contribution >= 0.6 is 12.2 Å². The fraction of sp³-hybridized carbons (Fsp3) is 0.611. The van der Waals surface area contributed by atoms with Crippen LogP contribution in [0.2, 0.25) is 0 Å². The third-order valence-electron chi connectivity index (χ3n) is 4.87. The molecule has 2 saturated heterocycles. The van der Waals surface area contributed by atoms with Gasteiger partial charge >= 0.3 is 0 Å². The molecule has 2 atom stereocenters. The van der Waals surface area contributed by atoms with E-state index in [1.54, 1.807) is 24.3 Å². The number of piperidine rings is 1. The highest BCUT2D eigenvalue weighted by Gasteiger charge is 2.26. The molecule has 1 aromatic carbocycles. The van der Waals surface area contributed by atoms with Crippen molar-refractivity contribution in [3.8, 4) is 0 Å². The van der Waals surface area contributed by atoms with Crippen LogP contribution in [0.1, 0.15) is 20.3 Å². The molecule has 144 valence electrons. The molecular formula is C18H27N3O3S2. The van der Waals surface area contributed by atoms with E-state index in [1.807, 2.05) is 0 Å². The van der Waals surface area contributed by atoms with Crippen molar-refractivity contribution in [2.45, 2.75) is 25.2 Å². The standard InChI is InChI=1S/C18H27N3O3S2/c1-14-11-15(2)13-20(12-14)18(25)19-16-3-5-17(6-4-16)26(22,23)21-7-9-24-10-8-21/h3-6,14-15H,7-13H2,1-2H3,(H,19,25)/t14-,15-/m1/s1. The molecule has 2 aliphatic heterocycles. The normalized spacial score (nSPS) is 25.1. The number of morpholine rings is 1. The summed E-state index contributed by atoms with van der Waals surface area (Å²) in [5.41, 5.74) is 0.807. The van der Waals surface area contributed by atoms with Crippen molar-refractivity contribution >= 4 is 33.0 Å². The molecule has 0 aliphatic carbocycles. The van der Waals surface area contributed by atoms with E-state index in [4.69, 9.17) is 17.0 Å². The zero-order chi connectivity index (χ0) is 18.7. The molecule has 1 N–H and O–H groups in total. The fourth-order valence-corrected chi connectivity index (χ4v) is 5.35. The van der Waals surface area contributed by atoms with Gasteiger partial charge in [0, 0.05) is 31.9 Å². The number of nitrogens with one attached hydrogen (secondary N) is 1. The van der Waals surface area contributed by atoms with Crippen molar-refractivity contribution in [1.29, 1.82) is 0 Å². The van der Waals surface area contributed by atoms with Crippen LogP contribution in [0.3, 0.4) is 0 Å². The average molecular weight is 398 g/mol. The number of hydrogen-bond acceptors (Lipinski definition) is 4. The predicted octanol–water partition coefficient (Wildman–Crippen LogP) is 2.38. The number of likely N-dealkylation sites (tertiary alicyclic amines) is 1. The first-order valence-corrected chi connectivity index (χ1v) is 10.9. The first-order chi connectivity index (χ1) is 12.4. The number of hydrogen-bond donors (Lipinski definition) is 1. The Morgan fingerprint density at radius 1 is 1.12 bits per heavy atom. The van der Waals surface area contributed by atoms with Crippen molar-refractivity contribution in [3.05, 3.63) is 24.3 Å². The van der Waals surface area contributed by atoms with E-state index in [-0.39, 0.29) is 0 Å². The topological polar surface area (TPSA) is 61.9 Å². The maximum absolute atomic E-state index is 12.7. The van der Waals surface area contributed by atoms with Crippen LogP contribution in [-0.2, 0) is 14.8 Å². The second-order valence-electron chi connectivity index (χ2n) is 7.32. The molecule has 0 amide bonds. The lowest BCUT2D eigenvalue weighted by Crippen LogP contribution is -2.44. The summed E-state index contributed by atoms with van der Waals surface area (Å²) in [5, 5.41) is 3.94. The molecule has 0 unspecified atom stereocenters. The van der Waals surface area contributed by atoms with Crippen LogP contribution in [-0.4, -0.2) is 62.1 Å². The van der Waals surface area contributed by atoms with Crippen molar-refractivity contribution in [2.24, 2.45) is 11.8 Å². The predicted molar refractivity (Wildman–Crippen MR) is 107 cm³/mol.